The van der Waals surface area contributed by atoms with Crippen molar-refractivity contribution < 1.29 is 4.79 Å². The monoisotopic (exact) mass is 175 g/mol. The molecule has 1 aliphatic heterocycles. The highest BCUT2D eigenvalue weighted by Gasteiger charge is 2.27. The van der Waals surface area contributed by atoms with E-state index in [1.165, 1.54) is 0 Å². The van der Waals surface area contributed by atoms with Crippen molar-refractivity contribution in [3.8, 4) is 0 Å². The minimum absolute atomic E-state index is 0.0802. The molecule has 2 nitrogen and oxygen atoms in total. The largest absolute Gasteiger partial charge is 0.339 e. The third-order valence-corrected chi connectivity index (χ3v) is 2.36. The van der Waals surface area contributed by atoms with Crippen molar-refractivity contribution in [3.05, 3.63) is 0 Å². The van der Waals surface area contributed by atoms with E-state index in [1.54, 1.807) is 6.92 Å². The minimum Gasteiger partial charge on any atom is -0.339 e. The first-order chi connectivity index (χ1) is 5.13. The molecule has 64 valence electrons. The molecule has 1 fully saturated rings. The van der Waals surface area contributed by atoms with Gasteiger partial charge in [0, 0.05) is 12.6 Å². The number of hydrogen-bond acceptors (Lipinski definition) is 1. The number of carbonyl (C=O) groups excluding carboxylic acids is 1. The molecule has 1 heterocycles. The van der Waals surface area contributed by atoms with Crippen LogP contribution >= 0.6 is 11.6 Å². The van der Waals surface area contributed by atoms with Crippen molar-refractivity contribution in [1.82, 2.24) is 4.90 Å². The van der Waals surface area contributed by atoms with E-state index < -0.39 is 0 Å². The van der Waals surface area contributed by atoms with E-state index in [9.17, 15) is 4.79 Å². The van der Waals surface area contributed by atoms with Gasteiger partial charge in [-0.05, 0) is 26.7 Å². The molecule has 1 amide bonds. The summed E-state index contributed by atoms with van der Waals surface area (Å²) in [7, 11) is 0. The zero-order valence-electron chi connectivity index (χ0n) is 7.01. The molecule has 3 heteroatoms. The second-order valence-corrected chi connectivity index (χ2v) is 3.79. The topological polar surface area (TPSA) is 20.3 Å². The van der Waals surface area contributed by atoms with Gasteiger partial charge >= 0.3 is 0 Å². The highest BCUT2D eigenvalue weighted by atomic mass is 35.5. The summed E-state index contributed by atoms with van der Waals surface area (Å²) in [5, 5.41) is -0.365. The summed E-state index contributed by atoms with van der Waals surface area (Å²) in [6, 6.07) is 0.392. The summed E-state index contributed by atoms with van der Waals surface area (Å²) in [5.74, 6) is 0.0802. The number of rotatable bonds is 1. The highest BCUT2D eigenvalue weighted by molar-refractivity contribution is 6.30. The molecule has 0 N–H and O–H groups in total. The van der Waals surface area contributed by atoms with E-state index >= 15 is 0 Å². The van der Waals surface area contributed by atoms with Crippen LogP contribution in [0, 0.1) is 0 Å². The zero-order valence-corrected chi connectivity index (χ0v) is 7.77. The number of hydrogen-bond donors (Lipinski definition) is 0. The van der Waals surface area contributed by atoms with Crippen molar-refractivity contribution in [2.75, 3.05) is 6.54 Å². The van der Waals surface area contributed by atoms with Gasteiger partial charge in [-0.1, -0.05) is 0 Å². The van der Waals surface area contributed by atoms with Gasteiger partial charge in [-0.25, -0.2) is 0 Å². The second kappa shape index (κ2) is 3.44. The van der Waals surface area contributed by atoms with Crippen LogP contribution in [-0.2, 0) is 4.79 Å². The molecule has 0 spiro atoms. The fourth-order valence-electron chi connectivity index (χ4n) is 1.49. The van der Waals surface area contributed by atoms with Crippen LogP contribution in [-0.4, -0.2) is 28.8 Å². The Labute approximate surface area is 72.5 Å². The summed E-state index contributed by atoms with van der Waals surface area (Å²) in [4.78, 5) is 13.2. The maximum atomic E-state index is 11.3. The minimum atomic E-state index is -0.365. The fourth-order valence-corrected chi connectivity index (χ4v) is 1.61. The van der Waals surface area contributed by atoms with Gasteiger partial charge in [-0.3, -0.25) is 4.79 Å². The van der Waals surface area contributed by atoms with Crippen LogP contribution in [0.4, 0.5) is 0 Å². The van der Waals surface area contributed by atoms with Crippen molar-refractivity contribution in [3.63, 3.8) is 0 Å². The van der Waals surface area contributed by atoms with Crippen molar-refractivity contribution in [1.29, 1.82) is 0 Å². The Morgan fingerprint density at radius 1 is 1.73 bits per heavy atom. The van der Waals surface area contributed by atoms with Crippen LogP contribution in [0.3, 0.4) is 0 Å². The highest BCUT2D eigenvalue weighted by Crippen LogP contribution is 2.18. The summed E-state index contributed by atoms with van der Waals surface area (Å²) in [6.45, 7) is 4.69. The number of carbonyl (C=O) groups is 1. The normalized spacial score (nSPS) is 27.2. The molecular formula is C8H14ClNO. The average molecular weight is 176 g/mol. The van der Waals surface area contributed by atoms with Crippen molar-refractivity contribution in [2.45, 2.75) is 38.1 Å². The lowest BCUT2D eigenvalue weighted by Gasteiger charge is -2.22. The van der Waals surface area contributed by atoms with Crippen LogP contribution in [0.2, 0.25) is 0 Å². The zero-order chi connectivity index (χ0) is 8.43. The van der Waals surface area contributed by atoms with Gasteiger partial charge in [0.2, 0.25) is 5.91 Å². The lowest BCUT2D eigenvalue weighted by atomic mass is 10.2. The van der Waals surface area contributed by atoms with E-state index in [4.69, 9.17) is 11.6 Å². The lowest BCUT2D eigenvalue weighted by Crippen LogP contribution is -2.37. The van der Waals surface area contributed by atoms with Crippen LogP contribution in [0.25, 0.3) is 0 Å². The van der Waals surface area contributed by atoms with Crippen molar-refractivity contribution >= 4 is 17.5 Å². The Morgan fingerprint density at radius 3 is 2.73 bits per heavy atom. The Kier molecular flexibility index (Phi) is 2.77. The molecule has 0 aromatic carbocycles. The average Bonchev–Trinajstić information content (AvgIpc) is 2.33. The van der Waals surface area contributed by atoms with E-state index in [0.717, 1.165) is 19.4 Å². The smallest absolute Gasteiger partial charge is 0.240 e. The van der Waals surface area contributed by atoms with Gasteiger partial charge in [0.05, 0.1) is 0 Å². The summed E-state index contributed by atoms with van der Waals surface area (Å²) < 4.78 is 0. The SMILES string of the molecule is CC(Cl)C(=O)N1CCCC1C. The lowest BCUT2D eigenvalue weighted by molar-refractivity contribution is -0.130. The third kappa shape index (κ3) is 1.86. The molecule has 0 aliphatic carbocycles. The van der Waals surface area contributed by atoms with Gasteiger partial charge in [0.25, 0.3) is 0 Å². The molecule has 1 saturated heterocycles. The van der Waals surface area contributed by atoms with E-state index in [1.807, 2.05) is 4.90 Å². The predicted molar refractivity (Wildman–Crippen MR) is 45.7 cm³/mol. The van der Waals surface area contributed by atoms with Gasteiger partial charge in [0.1, 0.15) is 5.38 Å². The van der Waals surface area contributed by atoms with Crippen LogP contribution in [0.1, 0.15) is 26.7 Å². The first-order valence-corrected chi connectivity index (χ1v) is 4.51. The molecule has 0 bridgehead atoms. The maximum absolute atomic E-state index is 11.3. The number of alkyl halides is 1. The molecular weight excluding hydrogens is 162 g/mol. The van der Waals surface area contributed by atoms with Gasteiger partial charge < -0.3 is 4.90 Å². The number of halogens is 1. The molecule has 0 radical (unpaired) electrons. The Bertz CT molecular complexity index is 158. The Hall–Kier alpha value is -0.240. The van der Waals surface area contributed by atoms with E-state index in [2.05, 4.69) is 6.92 Å². The molecule has 1 rings (SSSR count). The Balaban J connectivity index is 2.53. The summed E-state index contributed by atoms with van der Waals surface area (Å²) in [6.07, 6.45) is 2.24. The Morgan fingerprint density at radius 2 is 2.36 bits per heavy atom. The number of likely N-dealkylation sites (tertiary alicyclic amines) is 1. The molecule has 0 aromatic rings. The van der Waals surface area contributed by atoms with Crippen molar-refractivity contribution in [2.24, 2.45) is 0 Å². The first-order valence-electron chi connectivity index (χ1n) is 4.07. The molecule has 0 saturated carbocycles. The van der Waals surface area contributed by atoms with E-state index in [-0.39, 0.29) is 11.3 Å². The van der Waals surface area contributed by atoms with Crippen LogP contribution in [0.5, 0.6) is 0 Å². The van der Waals surface area contributed by atoms with Crippen LogP contribution in [0.15, 0.2) is 0 Å². The molecule has 0 aromatic heterocycles. The summed E-state index contributed by atoms with van der Waals surface area (Å²) >= 11 is 5.68. The van der Waals surface area contributed by atoms with Crippen LogP contribution < -0.4 is 0 Å². The van der Waals surface area contributed by atoms with Gasteiger partial charge in [-0.15, -0.1) is 11.6 Å². The van der Waals surface area contributed by atoms with E-state index in [0.29, 0.717) is 6.04 Å². The molecule has 11 heavy (non-hydrogen) atoms. The summed E-state index contributed by atoms with van der Waals surface area (Å²) in [5.41, 5.74) is 0. The quantitative estimate of drug-likeness (QED) is 0.555. The molecule has 2 atom stereocenters. The predicted octanol–water partition coefficient (Wildman–Crippen LogP) is 1.62. The third-order valence-electron chi connectivity index (χ3n) is 2.18. The van der Waals surface area contributed by atoms with Gasteiger partial charge in [0.15, 0.2) is 0 Å². The molecule has 2 unspecified atom stereocenters. The maximum Gasteiger partial charge on any atom is 0.240 e. The standard InChI is InChI=1S/C8H14ClNO/c1-6-4-3-5-10(6)8(11)7(2)9/h6-7H,3-5H2,1-2H3. The number of amides is 1. The first kappa shape index (κ1) is 8.85. The molecule has 1 aliphatic rings. The number of nitrogens with zero attached hydrogens (tertiary/aromatic N) is 1. The van der Waals surface area contributed by atoms with Gasteiger partial charge in [-0.2, -0.15) is 0 Å². The second-order valence-electron chi connectivity index (χ2n) is 3.14. The fraction of sp³-hybridized carbons (Fsp3) is 0.875.